The third-order valence-corrected chi connectivity index (χ3v) is 9.62. The van der Waals surface area contributed by atoms with E-state index in [2.05, 4.69) is 64.1 Å². The summed E-state index contributed by atoms with van der Waals surface area (Å²) < 4.78 is 0. The number of hydrogen-bond acceptors (Lipinski definition) is 0. The van der Waals surface area contributed by atoms with Crippen LogP contribution in [0.25, 0.3) is 6.08 Å². The van der Waals surface area contributed by atoms with E-state index in [-0.39, 0.29) is 0 Å². The Balaban J connectivity index is 1.47. The minimum atomic E-state index is 0.350. The van der Waals surface area contributed by atoms with E-state index < -0.39 is 0 Å². The molecule has 0 heteroatoms. The molecular weight excluding hydrogens is 324 g/mol. The molecule has 0 aromatic heterocycles. The molecule has 146 valence electrons. The molecule has 1 aromatic rings. The highest BCUT2D eigenvalue weighted by Crippen LogP contribution is 2.63. The SMILES string of the molecule is CC1CC2C(C)C3CCCCC3CC2C1C(C)(C)C1C=Cc2ccccc21. The predicted octanol–water partition coefficient (Wildman–Crippen LogP) is 7.56. The van der Waals surface area contributed by atoms with Crippen LogP contribution in [-0.4, -0.2) is 0 Å². The smallest absolute Gasteiger partial charge is 0.00813 e. The number of rotatable bonds is 2. The van der Waals surface area contributed by atoms with Crippen molar-refractivity contribution >= 4 is 6.08 Å². The van der Waals surface area contributed by atoms with Gasteiger partial charge in [0.25, 0.3) is 0 Å². The summed E-state index contributed by atoms with van der Waals surface area (Å²) in [5, 5.41) is 0. The zero-order chi connectivity index (χ0) is 18.8. The van der Waals surface area contributed by atoms with E-state index in [1.165, 1.54) is 44.1 Å². The first-order chi connectivity index (χ1) is 13.0. The maximum Gasteiger partial charge on any atom is 0.00813 e. The number of benzene rings is 1. The van der Waals surface area contributed by atoms with Gasteiger partial charge >= 0.3 is 0 Å². The Labute approximate surface area is 166 Å². The lowest BCUT2D eigenvalue weighted by molar-refractivity contribution is -0.00560. The van der Waals surface area contributed by atoms with Crippen LogP contribution in [0.1, 0.15) is 83.3 Å². The summed E-state index contributed by atoms with van der Waals surface area (Å²) in [4.78, 5) is 0. The standard InChI is InChI=1S/C27H38/c1-17-15-23-18(2)21-11-7-6-10-20(21)16-24(23)26(17)27(3,4)25-14-13-19-9-5-8-12-22(19)25/h5,8-9,12-14,17-18,20-21,23-26H,6-7,10-11,15-16H2,1-4H3. The molecule has 5 rings (SSSR count). The minimum Gasteiger partial charge on any atom is -0.0758 e. The molecule has 0 amide bonds. The number of hydrogen-bond donors (Lipinski definition) is 0. The van der Waals surface area contributed by atoms with Crippen LogP contribution in [0.4, 0.5) is 0 Å². The van der Waals surface area contributed by atoms with Crippen LogP contribution in [0.15, 0.2) is 30.3 Å². The van der Waals surface area contributed by atoms with Crippen molar-refractivity contribution in [3.63, 3.8) is 0 Å². The van der Waals surface area contributed by atoms with Crippen LogP contribution in [0, 0.1) is 46.8 Å². The summed E-state index contributed by atoms with van der Waals surface area (Å²) in [6, 6.07) is 9.13. The van der Waals surface area contributed by atoms with Crippen molar-refractivity contribution in [3.05, 3.63) is 41.5 Å². The topological polar surface area (TPSA) is 0 Å². The molecule has 0 nitrogen and oxygen atoms in total. The molecule has 1 aromatic carbocycles. The van der Waals surface area contributed by atoms with E-state index >= 15 is 0 Å². The average Bonchev–Trinajstić information content (AvgIpc) is 3.23. The summed E-state index contributed by atoms with van der Waals surface area (Å²) in [5.41, 5.74) is 3.39. The van der Waals surface area contributed by atoms with Gasteiger partial charge in [0.15, 0.2) is 0 Å². The lowest BCUT2D eigenvalue weighted by Gasteiger charge is -2.50. The van der Waals surface area contributed by atoms with Crippen molar-refractivity contribution in [2.75, 3.05) is 0 Å². The van der Waals surface area contributed by atoms with Gasteiger partial charge < -0.3 is 0 Å². The Kier molecular flexibility index (Phi) is 4.34. The molecule has 27 heavy (non-hydrogen) atoms. The average molecular weight is 363 g/mol. The highest BCUT2D eigenvalue weighted by atomic mass is 14.6. The van der Waals surface area contributed by atoms with Crippen molar-refractivity contribution < 1.29 is 0 Å². The summed E-state index contributed by atoms with van der Waals surface area (Å²) in [6.45, 7) is 10.4. The van der Waals surface area contributed by atoms with E-state index in [0.29, 0.717) is 11.3 Å². The second-order valence-corrected chi connectivity index (χ2v) is 11.2. The van der Waals surface area contributed by atoms with Crippen molar-refractivity contribution in [3.8, 4) is 0 Å². The van der Waals surface area contributed by atoms with Gasteiger partial charge in [0.2, 0.25) is 0 Å². The van der Waals surface area contributed by atoms with Crippen LogP contribution in [-0.2, 0) is 0 Å². The Morgan fingerprint density at radius 2 is 1.67 bits per heavy atom. The molecule has 0 heterocycles. The molecule has 0 saturated heterocycles. The summed E-state index contributed by atoms with van der Waals surface area (Å²) in [6.07, 6.45) is 14.0. The first kappa shape index (κ1) is 18.0. The second kappa shape index (κ2) is 6.50. The van der Waals surface area contributed by atoms with Crippen molar-refractivity contribution in [1.82, 2.24) is 0 Å². The van der Waals surface area contributed by atoms with Gasteiger partial charge in [-0.15, -0.1) is 0 Å². The highest BCUT2D eigenvalue weighted by Gasteiger charge is 2.56. The Bertz CT molecular complexity index is 725. The minimum absolute atomic E-state index is 0.350. The third-order valence-electron chi connectivity index (χ3n) is 9.62. The molecule has 4 aliphatic carbocycles. The maximum absolute atomic E-state index is 2.63. The molecule has 0 aliphatic heterocycles. The monoisotopic (exact) mass is 362 g/mol. The van der Waals surface area contributed by atoms with Gasteiger partial charge in [-0.25, -0.2) is 0 Å². The van der Waals surface area contributed by atoms with E-state index in [0.717, 1.165) is 41.4 Å². The third kappa shape index (κ3) is 2.69. The van der Waals surface area contributed by atoms with Crippen LogP contribution in [0.3, 0.4) is 0 Å². The molecule has 0 N–H and O–H groups in total. The normalized spacial score (nSPS) is 43.3. The van der Waals surface area contributed by atoms with Gasteiger partial charge in [0.05, 0.1) is 0 Å². The fraction of sp³-hybridized carbons (Fsp3) is 0.704. The molecular formula is C27H38. The quantitative estimate of drug-likeness (QED) is 0.509. The fourth-order valence-corrected chi connectivity index (χ4v) is 8.64. The van der Waals surface area contributed by atoms with Crippen molar-refractivity contribution in [2.45, 2.75) is 72.1 Å². The fourth-order valence-electron chi connectivity index (χ4n) is 8.64. The second-order valence-electron chi connectivity index (χ2n) is 11.2. The van der Waals surface area contributed by atoms with Crippen LogP contribution >= 0.6 is 0 Å². The molecule has 8 atom stereocenters. The molecule has 3 saturated carbocycles. The number of fused-ring (bicyclic) bond motifs is 3. The Hall–Kier alpha value is -1.04. The predicted molar refractivity (Wildman–Crippen MR) is 115 cm³/mol. The largest absolute Gasteiger partial charge is 0.0758 e. The summed E-state index contributed by atoms with van der Waals surface area (Å²) >= 11 is 0. The molecule has 8 unspecified atom stereocenters. The first-order valence-corrected chi connectivity index (χ1v) is 11.8. The van der Waals surface area contributed by atoms with Gasteiger partial charge in [-0.2, -0.15) is 0 Å². The summed E-state index contributed by atoms with van der Waals surface area (Å²) in [7, 11) is 0. The molecule has 0 bridgehead atoms. The van der Waals surface area contributed by atoms with E-state index in [9.17, 15) is 0 Å². The molecule has 4 aliphatic rings. The van der Waals surface area contributed by atoms with Crippen molar-refractivity contribution in [2.24, 2.45) is 46.8 Å². The van der Waals surface area contributed by atoms with Crippen LogP contribution < -0.4 is 0 Å². The zero-order valence-corrected chi connectivity index (χ0v) is 17.8. The maximum atomic E-state index is 2.63. The van der Waals surface area contributed by atoms with Gasteiger partial charge in [-0.3, -0.25) is 0 Å². The van der Waals surface area contributed by atoms with Crippen LogP contribution in [0.2, 0.25) is 0 Å². The molecule has 0 radical (unpaired) electrons. The molecule has 0 spiro atoms. The first-order valence-electron chi connectivity index (χ1n) is 11.8. The summed E-state index contributed by atoms with van der Waals surface area (Å²) in [5.74, 6) is 7.33. The highest BCUT2D eigenvalue weighted by molar-refractivity contribution is 5.63. The Morgan fingerprint density at radius 3 is 2.52 bits per heavy atom. The van der Waals surface area contributed by atoms with Crippen LogP contribution in [0.5, 0.6) is 0 Å². The van der Waals surface area contributed by atoms with Gasteiger partial charge in [-0.05, 0) is 77.2 Å². The van der Waals surface area contributed by atoms with Gasteiger partial charge in [0, 0.05) is 5.92 Å². The van der Waals surface area contributed by atoms with E-state index in [1.807, 2.05) is 0 Å². The Morgan fingerprint density at radius 1 is 0.889 bits per heavy atom. The molecule has 3 fully saturated rings. The van der Waals surface area contributed by atoms with Gasteiger partial charge in [0.1, 0.15) is 0 Å². The number of allylic oxidation sites excluding steroid dienone is 1. The lowest BCUT2D eigenvalue weighted by Crippen LogP contribution is -2.43. The zero-order valence-electron chi connectivity index (χ0n) is 17.8. The van der Waals surface area contributed by atoms with E-state index in [4.69, 9.17) is 0 Å². The van der Waals surface area contributed by atoms with Gasteiger partial charge in [-0.1, -0.05) is 83.4 Å². The lowest BCUT2D eigenvalue weighted by atomic mass is 9.54. The van der Waals surface area contributed by atoms with E-state index in [1.54, 1.807) is 5.56 Å². The van der Waals surface area contributed by atoms with Crippen molar-refractivity contribution in [1.29, 1.82) is 0 Å².